The molecular formula is C17H22N2O8. The van der Waals surface area contributed by atoms with Crippen molar-refractivity contribution in [3.63, 3.8) is 0 Å². The Labute approximate surface area is 155 Å². The molecule has 0 saturated carbocycles. The van der Waals surface area contributed by atoms with E-state index >= 15 is 0 Å². The van der Waals surface area contributed by atoms with Gasteiger partial charge in [-0.05, 0) is 18.9 Å². The number of nitro benzene ring substituents is 1. The van der Waals surface area contributed by atoms with E-state index in [-0.39, 0.29) is 28.9 Å². The van der Waals surface area contributed by atoms with Crippen molar-refractivity contribution in [1.29, 1.82) is 0 Å². The zero-order chi connectivity index (χ0) is 20.6. The van der Waals surface area contributed by atoms with Crippen molar-refractivity contribution in [2.75, 3.05) is 20.3 Å². The quantitative estimate of drug-likeness (QED) is 0.363. The highest BCUT2D eigenvalue weighted by Gasteiger charge is 2.21. The lowest BCUT2D eigenvalue weighted by molar-refractivity contribution is -0.385. The van der Waals surface area contributed by atoms with Crippen molar-refractivity contribution in [3.05, 3.63) is 28.3 Å². The van der Waals surface area contributed by atoms with Crippen LogP contribution in [-0.2, 0) is 19.1 Å². The average Bonchev–Trinajstić information content (AvgIpc) is 2.61. The van der Waals surface area contributed by atoms with Gasteiger partial charge >= 0.3 is 11.7 Å². The third kappa shape index (κ3) is 6.92. The van der Waals surface area contributed by atoms with Crippen molar-refractivity contribution in [2.45, 2.75) is 26.8 Å². The van der Waals surface area contributed by atoms with Crippen LogP contribution in [0.3, 0.4) is 0 Å². The maximum absolute atomic E-state index is 11.8. The van der Waals surface area contributed by atoms with Gasteiger partial charge in [-0.1, -0.05) is 13.8 Å². The predicted octanol–water partition coefficient (Wildman–Crippen LogP) is 1.26. The molecule has 0 aliphatic carbocycles. The van der Waals surface area contributed by atoms with Gasteiger partial charge in [-0.25, -0.2) is 4.79 Å². The number of methoxy groups -OCH3 is 1. The van der Waals surface area contributed by atoms with E-state index in [0.29, 0.717) is 0 Å². The van der Waals surface area contributed by atoms with Gasteiger partial charge in [0.1, 0.15) is 5.75 Å². The van der Waals surface area contributed by atoms with E-state index in [4.69, 9.17) is 14.2 Å². The number of ether oxygens (including phenoxy) is 3. The Bertz CT molecular complexity index is 717. The summed E-state index contributed by atoms with van der Waals surface area (Å²) in [6, 6.07) is 3.10. The van der Waals surface area contributed by atoms with Gasteiger partial charge in [-0.3, -0.25) is 19.7 Å². The van der Waals surface area contributed by atoms with Crippen LogP contribution >= 0.6 is 0 Å². The molecule has 1 rings (SSSR count). The molecule has 1 aromatic rings. The van der Waals surface area contributed by atoms with Gasteiger partial charge in [0, 0.05) is 12.1 Å². The number of rotatable bonds is 10. The summed E-state index contributed by atoms with van der Waals surface area (Å²) in [5.74, 6) is -1.56. The molecule has 27 heavy (non-hydrogen) atoms. The van der Waals surface area contributed by atoms with Crippen LogP contribution < -0.4 is 14.8 Å². The fourth-order valence-corrected chi connectivity index (χ4v) is 2.18. The van der Waals surface area contributed by atoms with Crippen LogP contribution in [0.4, 0.5) is 5.69 Å². The minimum absolute atomic E-state index is 0.0193. The Balaban J connectivity index is 2.51. The first-order valence-electron chi connectivity index (χ1n) is 8.06. The molecule has 0 fully saturated rings. The second kappa shape index (κ2) is 10.1. The zero-order valence-corrected chi connectivity index (χ0v) is 15.5. The van der Waals surface area contributed by atoms with Crippen molar-refractivity contribution in [2.24, 2.45) is 5.92 Å². The molecule has 148 valence electrons. The van der Waals surface area contributed by atoms with Crippen LogP contribution in [0.25, 0.3) is 0 Å². The summed E-state index contributed by atoms with van der Waals surface area (Å²) in [6.07, 6.45) is 0. The van der Waals surface area contributed by atoms with Crippen molar-refractivity contribution in [1.82, 2.24) is 5.32 Å². The Hall–Kier alpha value is -3.17. The number of esters is 1. The van der Waals surface area contributed by atoms with Gasteiger partial charge in [-0.2, -0.15) is 0 Å². The number of Topliss-reactive ketones (excluding diaryl/α,β-unsaturated/α-hetero) is 1. The molecule has 0 heterocycles. The van der Waals surface area contributed by atoms with Gasteiger partial charge in [0.2, 0.25) is 5.75 Å². The molecular weight excluding hydrogens is 360 g/mol. The van der Waals surface area contributed by atoms with Crippen LogP contribution in [-0.4, -0.2) is 48.9 Å². The third-order valence-electron chi connectivity index (χ3n) is 3.49. The normalized spacial score (nSPS) is 11.4. The lowest BCUT2D eigenvalue weighted by Gasteiger charge is -2.19. The van der Waals surface area contributed by atoms with Crippen LogP contribution in [0.5, 0.6) is 11.5 Å². The van der Waals surface area contributed by atoms with Crippen LogP contribution in [0.2, 0.25) is 0 Å². The predicted molar refractivity (Wildman–Crippen MR) is 93.6 cm³/mol. The van der Waals surface area contributed by atoms with E-state index in [0.717, 1.165) is 0 Å². The van der Waals surface area contributed by atoms with E-state index in [2.05, 4.69) is 5.32 Å². The van der Waals surface area contributed by atoms with E-state index < -0.39 is 36.1 Å². The summed E-state index contributed by atoms with van der Waals surface area (Å²) in [7, 11) is 1.27. The highest BCUT2D eigenvalue weighted by Crippen LogP contribution is 2.30. The summed E-state index contributed by atoms with van der Waals surface area (Å²) in [5.41, 5.74) is -0.241. The van der Waals surface area contributed by atoms with Crippen LogP contribution in [0, 0.1) is 16.0 Å². The molecule has 1 amide bonds. The zero-order valence-electron chi connectivity index (χ0n) is 15.5. The molecule has 10 nitrogen and oxygen atoms in total. The lowest BCUT2D eigenvalue weighted by Crippen LogP contribution is -2.45. The minimum atomic E-state index is -0.814. The molecule has 1 unspecified atom stereocenters. The van der Waals surface area contributed by atoms with Gasteiger partial charge in [0.05, 0.1) is 18.1 Å². The largest absolute Gasteiger partial charge is 0.490 e. The maximum atomic E-state index is 11.8. The van der Waals surface area contributed by atoms with Crippen LogP contribution in [0.1, 0.15) is 20.8 Å². The first kappa shape index (κ1) is 21.9. The number of nitrogens with zero attached hydrogens (tertiary/aromatic N) is 1. The highest BCUT2D eigenvalue weighted by molar-refractivity contribution is 5.88. The number of ketones is 1. The Morgan fingerprint density at radius 2 is 1.89 bits per heavy atom. The molecule has 0 aliphatic rings. The summed E-state index contributed by atoms with van der Waals surface area (Å²) in [6.45, 7) is 3.87. The number of hydrogen-bond acceptors (Lipinski definition) is 8. The Kier molecular flexibility index (Phi) is 8.18. The fourth-order valence-electron chi connectivity index (χ4n) is 2.18. The maximum Gasteiger partial charge on any atom is 0.344 e. The first-order chi connectivity index (χ1) is 12.6. The second-order valence-electron chi connectivity index (χ2n) is 5.94. The monoisotopic (exact) mass is 382 g/mol. The van der Waals surface area contributed by atoms with E-state index in [1.54, 1.807) is 13.8 Å². The second-order valence-corrected chi connectivity index (χ2v) is 5.94. The Morgan fingerprint density at radius 3 is 2.41 bits per heavy atom. The topological polar surface area (TPSA) is 134 Å². The number of nitro groups is 1. The minimum Gasteiger partial charge on any atom is -0.490 e. The van der Waals surface area contributed by atoms with Gasteiger partial charge in [0.25, 0.3) is 5.91 Å². The van der Waals surface area contributed by atoms with E-state index in [1.165, 1.54) is 32.2 Å². The van der Waals surface area contributed by atoms with Crippen molar-refractivity contribution >= 4 is 23.3 Å². The number of carbonyl (C=O) groups excluding carboxylic acids is 3. The molecule has 0 aliphatic heterocycles. The third-order valence-corrected chi connectivity index (χ3v) is 3.49. The molecule has 0 saturated heterocycles. The molecule has 0 aromatic heterocycles. The van der Waals surface area contributed by atoms with Gasteiger partial charge in [-0.15, -0.1) is 0 Å². The molecule has 0 bridgehead atoms. The summed E-state index contributed by atoms with van der Waals surface area (Å²) in [4.78, 5) is 45.1. The molecule has 1 N–H and O–H groups in total. The summed E-state index contributed by atoms with van der Waals surface area (Å²) >= 11 is 0. The van der Waals surface area contributed by atoms with E-state index in [9.17, 15) is 24.5 Å². The number of nitrogens with one attached hydrogen (secondary N) is 1. The number of hydrogen-bond donors (Lipinski definition) is 1. The summed E-state index contributed by atoms with van der Waals surface area (Å²) in [5, 5.41) is 13.3. The van der Waals surface area contributed by atoms with Crippen molar-refractivity contribution < 1.29 is 33.5 Å². The smallest absolute Gasteiger partial charge is 0.344 e. The van der Waals surface area contributed by atoms with Gasteiger partial charge < -0.3 is 19.5 Å². The number of benzene rings is 1. The van der Waals surface area contributed by atoms with Crippen LogP contribution in [0.15, 0.2) is 18.2 Å². The molecule has 0 radical (unpaired) electrons. The average molecular weight is 382 g/mol. The highest BCUT2D eigenvalue weighted by atomic mass is 16.6. The standard InChI is InChI=1S/C17H22N2O8/c1-10(2)17(11(3)20)18-15(21)8-27-16(22)9-26-12-5-6-13(19(23)24)14(7-12)25-4/h5-7,10,17H,8-9H2,1-4H3,(H,18,21). The van der Waals surface area contributed by atoms with Crippen molar-refractivity contribution in [3.8, 4) is 11.5 Å². The molecule has 1 aromatic carbocycles. The summed E-state index contributed by atoms with van der Waals surface area (Å²) < 4.78 is 14.8. The fraction of sp³-hybridized carbons (Fsp3) is 0.471. The lowest BCUT2D eigenvalue weighted by atomic mass is 10.0. The van der Waals surface area contributed by atoms with E-state index in [1.807, 2.05) is 0 Å². The van der Waals surface area contributed by atoms with Gasteiger partial charge in [0.15, 0.2) is 19.0 Å². The SMILES string of the molecule is COc1cc(OCC(=O)OCC(=O)NC(C(C)=O)C(C)C)ccc1[N+](=O)[O-]. The molecule has 0 spiro atoms. The first-order valence-corrected chi connectivity index (χ1v) is 8.06. The number of carbonyl (C=O) groups is 3. The molecule has 10 heteroatoms. The molecule has 1 atom stereocenters. The Morgan fingerprint density at radius 1 is 1.22 bits per heavy atom. The number of amides is 1.